The fourth-order valence-corrected chi connectivity index (χ4v) is 0.327. The van der Waals surface area contributed by atoms with E-state index in [9.17, 15) is 0 Å². The monoisotopic (exact) mass is 386 g/mol. The minimum absolute atomic E-state index is 0. The zero-order chi connectivity index (χ0) is 17.6. The first kappa shape index (κ1) is 44.2. The van der Waals surface area contributed by atoms with Crippen LogP contribution in [0.1, 0.15) is 0 Å². The van der Waals surface area contributed by atoms with Gasteiger partial charge in [-0.15, -0.1) is 0 Å². The van der Waals surface area contributed by atoms with E-state index in [4.69, 9.17) is 60.3 Å². The Hall–Kier alpha value is -0.370. The van der Waals surface area contributed by atoms with Crippen LogP contribution in [0.25, 0.3) is 0 Å². The lowest BCUT2D eigenvalue weighted by Gasteiger charge is -1.95. The molecule has 0 saturated heterocycles. The summed E-state index contributed by atoms with van der Waals surface area (Å²) in [7, 11) is -12.8. The molecule has 152 valence electrons. The molecule has 0 aromatic carbocycles. The standard InChI is InChI=1S/3B2H4O5.4H3N/c3*3-1(4)7-2(5)6;;;;/h3*3-6H;4*1H3. The molecule has 25 heavy (non-hydrogen) atoms. The van der Waals surface area contributed by atoms with Crippen molar-refractivity contribution in [2.45, 2.75) is 0 Å². The third-order valence-electron chi connectivity index (χ3n) is 0.730. The highest BCUT2D eigenvalue weighted by Crippen LogP contribution is 1.74. The zero-order valence-corrected chi connectivity index (χ0v) is 12.9. The molecule has 0 spiro atoms. The van der Waals surface area contributed by atoms with Gasteiger partial charge in [-0.25, -0.2) is 0 Å². The predicted molar refractivity (Wildman–Crippen MR) is 84.5 cm³/mol. The highest BCUT2D eigenvalue weighted by molar-refractivity contribution is 6.49. The first-order chi connectivity index (χ1) is 9.38. The van der Waals surface area contributed by atoms with Crippen molar-refractivity contribution >= 4 is 43.9 Å². The molecule has 0 aromatic rings. The average Bonchev–Trinajstić information content (AvgIpc) is 2.10. The maximum Gasteiger partial charge on any atom is 0.621 e. The lowest BCUT2D eigenvalue weighted by Crippen LogP contribution is -2.28. The summed E-state index contributed by atoms with van der Waals surface area (Å²) in [4.78, 5) is 0. The van der Waals surface area contributed by atoms with E-state index in [0.29, 0.717) is 0 Å². The molecule has 0 aromatic heterocycles. The SMILES string of the molecule is N.N.N.N.OB(O)OB(O)O.OB(O)OB(O)O.OB(O)OB(O)O. The topological polar surface area (TPSA) is 410 Å². The summed E-state index contributed by atoms with van der Waals surface area (Å²) in [6.45, 7) is 0. The summed E-state index contributed by atoms with van der Waals surface area (Å²) < 4.78 is 10.4. The number of hydrogen-bond acceptors (Lipinski definition) is 19. The Labute approximate surface area is 143 Å². The van der Waals surface area contributed by atoms with E-state index in [2.05, 4.69) is 13.7 Å². The number of rotatable bonds is 6. The quantitative estimate of drug-likeness (QED) is 0.188. The third kappa shape index (κ3) is 81.7. The van der Waals surface area contributed by atoms with Gasteiger partial charge < -0.3 is 98.6 Å². The molecule has 0 radical (unpaired) electrons. The van der Waals surface area contributed by atoms with Crippen molar-refractivity contribution in [1.29, 1.82) is 0 Å². The van der Waals surface area contributed by atoms with Gasteiger partial charge in [-0.2, -0.15) is 0 Å². The molecule has 24 N–H and O–H groups in total. The average molecular weight is 385 g/mol. The minimum Gasteiger partial charge on any atom is -0.402 e. The highest BCUT2D eigenvalue weighted by atomic mass is 16.7. The van der Waals surface area contributed by atoms with E-state index in [1.54, 1.807) is 0 Å². The maximum absolute atomic E-state index is 7.74. The van der Waals surface area contributed by atoms with Crippen LogP contribution in [0.3, 0.4) is 0 Å². The summed E-state index contributed by atoms with van der Waals surface area (Å²) >= 11 is 0. The normalized spacial score (nSPS) is 7.20. The summed E-state index contributed by atoms with van der Waals surface area (Å²) in [5, 5.41) is 92.8. The van der Waals surface area contributed by atoms with Crippen LogP contribution in [0.5, 0.6) is 0 Å². The third-order valence-corrected chi connectivity index (χ3v) is 0.730. The van der Waals surface area contributed by atoms with Gasteiger partial charge in [0.1, 0.15) is 0 Å². The van der Waals surface area contributed by atoms with Crippen molar-refractivity contribution < 1.29 is 74.0 Å². The molecule has 0 aliphatic rings. The van der Waals surface area contributed by atoms with E-state index in [1.165, 1.54) is 0 Å². The summed E-state index contributed by atoms with van der Waals surface area (Å²) in [5.74, 6) is 0. The van der Waals surface area contributed by atoms with E-state index in [-0.39, 0.29) is 24.6 Å². The Kier molecular flexibility index (Phi) is 50.3. The fourth-order valence-electron chi connectivity index (χ4n) is 0.327. The van der Waals surface area contributed by atoms with Gasteiger partial charge in [-0.05, 0) is 0 Å². The van der Waals surface area contributed by atoms with Crippen molar-refractivity contribution in [3.63, 3.8) is 0 Å². The van der Waals surface area contributed by atoms with E-state index in [1.807, 2.05) is 0 Å². The Bertz CT molecular complexity index is 155. The van der Waals surface area contributed by atoms with Gasteiger partial charge in [0.25, 0.3) is 0 Å². The molecule has 25 heteroatoms. The van der Waals surface area contributed by atoms with Crippen molar-refractivity contribution in [3.05, 3.63) is 0 Å². The largest absolute Gasteiger partial charge is 0.621 e. The van der Waals surface area contributed by atoms with Crippen LogP contribution in [0.2, 0.25) is 0 Å². The molecule has 0 aliphatic heterocycles. The summed E-state index contributed by atoms with van der Waals surface area (Å²) in [5.41, 5.74) is 0. The van der Waals surface area contributed by atoms with Crippen LogP contribution in [-0.2, 0) is 13.7 Å². The molecule has 0 amide bonds. The van der Waals surface area contributed by atoms with Gasteiger partial charge >= 0.3 is 43.9 Å². The van der Waals surface area contributed by atoms with Crippen LogP contribution in [-0.4, -0.2) is 104 Å². The van der Waals surface area contributed by atoms with E-state index >= 15 is 0 Å². The molecule has 19 nitrogen and oxygen atoms in total. The molecular formula is H24B6N4O15. The molecule has 0 unspecified atom stereocenters. The molecule has 0 bridgehead atoms. The van der Waals surface area contributed by atoms with Gasteiger partial charge in [0.05, 0.1) is 0 Å². The zero-order valence-electron chi connectivity index (χ0n) is 12.9. The van der Waals surface area contributed by atoms with Crippen LogP contribution >= 0.6 is 0 Å². The van der Waals surface area contributed by atoms with Crippen LogP contribution < -0.4 is 24.6 Å². The molecule has 0 saturated carbocycles. The fraction of sp³-hybridized carbons (Fsp3) is 0. The van der Waals surface area contributed by atoms with Crippen molar-refractivity contribution in [1.82, 2.24) is 24.6 Å². The second-order valence-corrected chi connectivity index (χ2v) is 2.37. The van der Waals surface area contributed by atoms with Crippen LogP contribution in [0, 0.1) is 0 Å². The second-order valence-electron chi connectivity index (χ2n) is 2.37. The Morgan fingerprint density at radius 3 is 0.360 bits per heavy atom. The van der Waals surface area contributed by atoms with Crippen LogP contribution in [0.15, 0.2) is 0 Å². The van der Waals surface area contributed by atoms with Crippen molar-refractivity contribution in [2.24, 2.45) is 0 Å². The molecule has 0 rings (SSSR count). The lowest BCUT2D eigenvalue weighted by atomic mass is 10.1. The summed E-state index contributed by atoms with van der Waals surface area (Å²) in [6, 6.07) is 0. The Balaban J connectivity index is -0.0000000360. The van der Waals surface area contributed by atoms with Gasteiger partial charge in [-0.3, -0.25) is 0 Å². The van der Waals surface area contributed by atoms with E-state index in [0.717, 1.165) is 0 Å². The molecule has 0 fully saturated rings. The van der Waals surface area contributed by atoms with Gasteiger partial charge in [0, 0.05) is 0 Å². The van der Waals surface area contributed by atoms with Gasteiger partial charge in [-0.1, -0.05) is 0 Å². The predicted octanol–water partition coefficient (Wildman–Crippen LogP) is -8.53. The molecule has 0 aliphatic carbocycles. The summed E-state index contributed by atoms with van der Waals surface area (Å²) in [6.07, 6.45) is 0. The lowest BCUT2D eigenvalue weighted by molar-refractivity contribution is 0.210. The smallest absolute Gasteiger partial charge is 0.402 e. The molecule has 0 heterocycles. The van der Waals surface area contributed by atoms with Crippen molar-refractivity contribution in [3.8, 4) is 0 Å². The second kappa shape index (κ2) is 28.4. The molecular weight excluding hydrogens is 361 g/mol. The maximum atomic E-state index is 7.74. The van der Waals surface area contributed by atoms with Crippen LogP contribution in [0.4, 0.5) is 0 Å². The first-order valence-electron chi connectivity index (χ1n) is 4.51. The van der Waals surface area contributed by atoms with Gasteiger partial charge in [0.2, 0.25) is 0 Å². The highest BCUT2D eigenvalue weighted by Gasteiger charge is 2.19. The van der Waals surface area contributed by atoms with Gasteiger partial charge in [0.15, 0.2) is 0 Å². The minimum atomic E-state index is -2.13. The molecule has 0 atom stereocenters. The Morgan fingerprint density at radius 1 is 0.280 bits per heavy atom. The van der Waals surface area contributed by atoms with Crippen molar-refractivity contribution in [2.75, 3.05) is 0 Å². The number of hydrogen-bond donors (Lipinski definition) is 16. The Morgan fingerprint density at radius 2 is 0.360 bits per heavy atom. The van der Waals surface area contributed by atoms with E-state index < -0.39 is 43.9 Å². The first-order valence-corrected chi connectivity index (χ1v) is 4.51.